The maximum Gasteiger partial charge on any atom is 0.237 e. The first-order valence-corrected chi connectivity index (χ1v) is 8.91. The lowest BCUT2D eigenvalue weighted by molar-refractivity contribution is -0.131. The van der Waals surface area contributed by atoms with Crippen LogP contribution in [0.25, 0.3) is 0 Å². The highest BCUT2D eigenvalue weighted by atomic mass is 16.3. The maximum atomic E-state index is 12.5. The number of carbonyl (C=O) groups excluding carboxylic acids is 2. The van der Waals surface area contributed by atoms with Gasteiger partial charge in [0.15, 0.2) is 0 Å². The van der Waals surface area contributed by atoms with Crippen LogP contribution in [0.3, 0.4) is 0 Å². The Bertz CT molecular complexity index is 572. The molecular formula is C18H27N3O3. The van der Waals surface area contributed by atoms with E-state index in [9.17, 15) is 9.59 Å². The van der Waals surface area contributed by atoms with Gasteiger partial charge >= 0.3 is 0 Å². The van der Waals surface area contributed by atoms with Crippen LogP contribution in [0.4, 0.5) is 0 Å². The third-order valence-electron chi connectivity index (χ3n) is 5.38. The average Bonchev–Trinajstić information content (AvgIpc) is 3.31. The Morgan fingerprint density at radius 3 is 2.75 bits per heavy atom. The number of hydrogen-bond donors (Lipinski definition) is 1. The van der Waals surface area contributed by atoms with E-state index < -0.39 is 0 Å². The lowest BCUT2D eigenvalue weighted by Crippen LogP contribution is -2.53. The molecule has 0 bridgehead atoms. The summed E-state index contributed by atoms with van der Waals surface area (Å²) < 4.78 is 5.26. The minimum atomic E-state index is -0.193. The predicted molar refractivity (Wildman–Crippen MR) is 90.2 cm³/mol. The summed E-state index contributed by atoms with van der Waals surface area (Å²) in [6, 6.07) is 4.03. The van der Waals surface area contributed by atoms with E-state index in [2.05, 4.69) is 10.2 Å². The van der Waals surface area contributed by atoms with E-state index in [0.717, 1.165) is 44.5 Å². The normalized spacial score (nSPS) is 25.8. The zero-order valence-electron chi connectivity index (χ0n) is 14.5. The lowest BCUT2D eigenvalue weighted by Gasteiger charge is -2.37. The summed E-state index contributed by atoms with van der Waals surface area (Å²) in [6.45, 7) is 5.79. The molecule has 2 fully saturated rings. The van der Waals surface area contributed by atoms with Crippen molar-refractivity contribution < 1.29 is 14.0 Å². The highest BCUT2D eigenvalue weighted by Gasteiger charge is 2.41. The number of furan rings is 1. The van der Waals surface area contributed by atoms with Gasteiger partial charge in [0.2, 0.25) is 11.8 Å². The molecule has 3 heterocycles. The molecule has 6 nitrogen and oxygen atoms in total. The first-order valence-electron chi connectivity index (χ1n) is 8.91. The molecule has 3 rings (SSSR count). The Labute approximate surface area is 143 Å². The second-order valence-electron chi connectivity index (χ2n) is 6.84. The molecule has 6 heteroatoms. The Morgan fingerprint density at radius 2 is 2.04 bits per heavy atom. The van der Waals surface area contributed by atoms with Gasteiger partial charge < -0.3 is 14.6 Å². The molecule has 0 unspecified atom stereocenters. The van der Waals surface area contributed by atoms with E-state index in [1.807, 2.05) is 24.0 Å². The standard InChI is InChI=1S/C18H27N3O3/c1-13(18(23)19-12-15-6-5-11-24-15)20-9-3-7-16(20)17-8-4-10-21(17)14(2)22/h5-6,11,13,16-17H,3-4,7-10,12H2,1-2H3,(H,19,23)/t13-,16-,17-/m1/s1. The zero-order valence-corrected chi connectivity index (χ0v) is 14.5. The van der Waals surface area contributed by atoms with E-state index in [4.69, 9.17) is 4.42 Å². The summed E-state index contributed by atoms with van der Waals surface area (Å²) in [7, 11) is 0. The van der Waals surface area contributed by atoms with Gasteiger partial charge in [-0.1, -0.05) is 0 Å². The van der Waals surface area contributed by atoms with Crippen molar-refractivity contribution >= 4 is 11.8 Å². The Balaban J connectivity index is 1.61. The molecule has 1 N–H and O–H groups in total. The van der Waals surface area contributed by atoms with Gasteiger partial charge in [0, 0.05) is 25.6 Å². The molecule has 2 aliphatic heterocycles. The summed E-state index contributed by atoms with van der Waals surface area (Å²) in [5, 5.41) is 2.95. The number of likely N-dealkylation sites (tertiary alicyclic amines) is 2. The molecule has 0 spiro atoms. The predicted octanol–water partition coefficient (Wildman–Crippen LogP) is 1.76. The number of nitrogens with zero attached hydrogens (tertiary/aromatic N) is 2. The number of carbonyl (C=O) groups is 2. The second-order valence-corrected chi connectivity index (χ2v) is 6.84. The van der Waals surface area contributed by atoms with Crippen LogP contribution in [0.2, 0.25) is 0 Å². The zero-order chi connectivity index (χ0) is 17.1. The summed E-state index contributed by atoms with van der Waals surface area (Å²) in [4.78, 5) is 28.7. The van der Waals surface area contributed by atoms with Crippen molar-refractivity contribution in [3.05, 3.63) is 24.2 Å². The lowest BCUT2D eigenvalue weighted by atomic mass is 10.0. The van der Waals surface area contributed by atoms with Crippen molar-refractivity contribution in [1.29, 1.82) is 0 Å². The Kier molecular flexibility index (Phi) is 5.23. The van der Waals surface area contributed by atoms with Crippen LogP contribution in [0.5, 0.6) is 0 Å². The number of nitrogens with one attached hydrogen (secondary N) is 1. The summed E-state index contributed by atoms with van der Waals surface area (Å²) in [5.41, 5.74) is 0. The van der Waals surface area contributed by atoms with E-state index in [1.165, 1.54) is 0 Å². The van der Waals surface area contributed by atoms with E-state index in [0.29, 0.717) is 12.6 Å². The Morgan fingerprint density at radius 1 is 1.29 bits per heavy atom. The monoisotopic (exact) mass is 333 g/mol. The van der Waals surface area contributed by atoms with Gasteiger partial charge in [-0.2, -0.15) is 0 Å². The number of rotatable bonds is 5. The molecule has 1 aromatic rings. The molecule has 2 amide bonds. The van der Waals surface area contributed by atoms with Crippen LogP contribution in [0, 0.1) is 0 Å². The molecular weight excluding hydrogens is 306 g/mol. The van der Waals surface area contributed by atoms with Gasteiger partial charge in [0.1, 0.15) is 5.76 Å². The Hall–Kier alpha value is -1.82. The molecule has 0 aliphatic carbocycles. The molecule has 132 valence electrons. The van der Waals surface area contributed by atoms with Gasteiger partial charge in [-0.25, -0.2) is 0 Å². The van der Waals surface area contributed by atoms with Gasteiger partial charge in [-0.15, -0.1) is 0 Å². The number of amides is 2. The van der Waals surface area contributed by atoms with Crippen molar-refractivity contribution in [3.8, 4) is 0 Å². The number of hydrogen-bond acceptors (Lipinski definition) is 4. The molecule has 0 saturated carbocycles. The maximum absolute atomic E-state index is 12.5. The first-order chi connectivity index (χ1) is 11.6. The second kappa shape index (κ2) is 7.38. The van der Waals surface area contributed by atoms with Crippen LogP contribution >= 0.6 is 0 Å². The van der Waals surface area contributed by atoms with Gasteiger partial charge in [-0.05, 0) is 51.3 Å². The van der Waals surface area contributed by atoms with Crippen molar-refractivity contribution in [2.45, 2.75) is 64.2 Å². The highest BCUT2D eigenvalue weighted by Crippen LogP contribution is 2.31. The van der Waals surface area contributed by atoms with Crippen LogP contribution in [0.15, 0.2) is 22.8 Å². The van der Waals surface area contributed by atoms with E-state index in [-0.39, 0.29) is 23.9 Å². The molecule has 2 aliphatic rings. The molecule has 24 heavy (non-hydrogen) atoms. The topological polar surface area (TPSA) is 65.8 Å². The molecule has 2 saturated heterocycles. The quantitative estimate of drug-likeness (QED) is 0.892. The minimum Gasteiger partial charge on any atom is -0.467 e. The third-order valence-corrected chi connectivity index (χ3v) is 5.38. The largest absolute Gasteiger partial charge is 0.467 e. The van der Waals surface area contributed by atoms with Crippen LogP contribution in [-0.4, -0.2) is 52.8 Å². The fourth-order valence-electron chi connectivity index (χ4n) is 4.18. The summed E-state index contributed by atoms with van der Waals surface area (Å²) >= 11 is 0. The summed E-state index contributed by atoms with van der Waals surface area (Å²) in [6.07, 6.45) is 5.86. The smallest absolute Gasteiger partial charge is 0.237 e. The van der Waals surface area contributed by atoms with Crippen LogP contribution in [-0.2, 0) is 16.1 Å². The third kappa shape index (κ3) is 3.48. The van der Waals surface area contributed by atoms with Crippen molar-refractivity contribution in [2.24, 2.45) is 0 Å². The SMILES string of the molecule is CC(=O)N1CCC[C@@H]1[C@H]1CCCN1[C@H](C)C(=O)NCc1ccco1. The van der Waals surface area contributed by atoms with Gasteiger partial charge in [0.25, 0.3) is 0 Å². The molecule has 3 atom stereocenters. The fourth-order valence-corrected chi connectivity index (χ4v) is 4.18. The highest BCUT2D eigenvalue weighted by molar-refractivity contribution is 5.81. The molecule has 1 aromatic heterocycles. The van der Waals surface area contributed by atoms with Crippen LogP contribution in [0.1, 0.15) is 45.3 Å². The van der Waals surface area contributed by atoms with Crippen molar-refractivity contribution in [3.63, 3.8) is 0 Å². The van der Waals surface area contributed by atoms with Gasteiger partial charge in [0.05, 0.1) is 18.8 Å². The first kappa shape index (κ1) is 17.0. The summed E-state index contributed by atoms with van der Waals surface area (Å²) in [5.74, 6) is 0.928. The van der Waals surface area contributed by atoms with Gasteiger partial charge in [-0.3, -0.25) is 14.5 Å². The molecule has 0 aromatic carbocycles. The fraction of sp³-hybridized carbons (Fsp3) is 0.667. The average molecular weight is 333 g/mol. The molecule has 0 radical (unpaired) electrons. The van der Waals surface area contributed by atoms with E-state index in [1.54, 1.807) is 13.2 Å². The van der Waals surface area contributed by atoms with E-state index >= 15 is 0 Å². The van der Waals surface area contributed by atoms with Crippen LogP contribution < -0.4 is 5.32 Å². The van der Waals surface area contributed by atoms with Crippen molar-refractivity contribution in [2.75, 3.05) is 13.1 Å². The minimum absolute atomic E-state index is 0.0191. The van der Waals surface area contributed by atoms with Crippen molar-refractivity contribution in [1.82, 2.24) is 15.1 Å².